The van der Waals surface area contributed by atoms with E-state index >= 15 is 0 Å². The summed E-state index contributed by atoms with van der Waals surface area (Å²) >= 11 is 0. The van der Waals surface area contributed by atoms with Crippen molar-refractivity contribution in [3.05, 3.63) is 59.7 Å². The molecule has 8 nitrogen and oxygen atoms in total. The molecule has 1 atom stereocenters. The topological polar surface area (TPSA) is 95.3 Å². The first-order valence-corrected chi connectivity index (χ1v) is 8.93. The Morgan fingerprint density at radius 2 is 1.89 bits per heavy atom. The first-order chi connectivity index (χ1) is 13.6. The molecule has 1 heterocycles. The summed E-state index contributed by atoms with van der Waals surface area (Å²) in [6, 6.07) is 14.7. The minimum absolute atomic E-state index is 0.361. The number of hydrogen-bond acceptors (Lipinski definition) is 6. The number of carbonyl (C=O) groups excluding carboxylic acids is 2. The van der Waals surface area contributed by atoms with Crippen molar-refractivity contribution < 1.29 is 19.1 Å². The second-order valence-corrected chi connectivity index (χ2v) is 6.26. The van der Waals surface area contributed by atoms with Gasteiger partial charge in [0.15, 0.2) is 6.10 Å². The molecule has 0 aliphatic rings. The van der Waals surface area contributed by atoms with Crippen molar-refractivity contribution >= 4 is 22.9 Å². The number of para-hydroxylation sites is 1. The Hall–Kier alpha value is -3.26. The van der Waals surface area contributed by atoms with Gasteiger partial charge < -0.3 is 14.8 Å². The molecule has 0 radical (unpaired) electrons. The summed E-state index contributed by atoms with van der Waals surface area (Å²) in [5.74, 6) is -0.910. The van der Waals surface area contributed by atoms with Crippen LogP contribution in [0.3, 0.4) is 0 Å². The summed E-state index contributed by atoms with van der Waals surface area (Å²) in [6.07, 6.45) is -0.884. The molecule has 0 fully saturated rings. The van der Waals surface area contributed by atoms with Gasteiger partial charge in [-0.3, -0.25) is 4.79 Å². The third kappa shape index (κ3) is 4.72. The molecule has 0 unspecified atom stereocenters. The van der Waals surface area contributed by atoms with Crippen LogP contribution in [0, 0.1) is 0 Å². The van der Waals surface area contributed by atoms with Crippen molar-refractivity contribution in [2.24, 2.45) is 0 Å². The van der Waals surface area contributed by atoms with Crippen LogP contribution in [0.4, 0.5) is 0 Å². The van der Waals surface area contributed by atoms with Gasteiger partial charge in [0.25, 0.3) is 5.91 Å². The lowest BCUT2D eigenvalue weighted by Crippen LogP contribution is -2.37. The van der Waals surface area contributed by atoms with Gasteiger partial charge in [-0.15, -0.1) is 5.10 Å². The van der Waals surface area contributed by atoms with Crippen LogP contribution in [0.2, 0.25) is 0 Å². The predicted molar refractivity (Wildman–Crippen MR) is 103 cm³/mol. The molecule has 0 aliphatic carbocycles. The molecule has 1 N–H and O–H groups in total. The molecule has 2 aromatic carbocycles. The lowest BCUT2D eigenvalue weighted by atomic mass is 10.1. The molecule has 0 saturated carbocycles. The summed E-state index contributed by atoms with van der Waals surface area (Å²) < 4.78 is 11.9. The maximum Gasteiger partial charge on any atom is 0.338 e. The first kappa shape index (κ1) is 19.5. The van der Waals surface area contributed by atoms with E-state index in [9.17, 15) is 9.59 Å². The minimum Gasteiger partial charge on any atom is -0.449 e. The molecule has 3 rings (SSSR count). The van der Waals surface area contributed by atoms with Gasteiger partial charge in [0.05, 0.1) is 24.2 Å². The Balaban J connectivity index is 1.59. The van der Waals surface area contributed by atoms with Crippen LogP contribution in [-0.2, 0) is 20.8 Å². The Morgan fingerprint density at radius 1 is 1.14 bits per heavy atom. The lowest BCUT2D eigenvalue weighted by molar-refractivity contribution is -0.129. The van der Waals surface area contributed by atoms with E-state index in [0.29, 0.717) is 25.3 Å². The molecule has 0 saturated heterocycles. The van der Waals surface area contributed by atoms with E-state index in [-0.39, 0.29) is 5.91 Å². The number of methoxy groups -OCH3 is 1. The summed E-state index contributed by atoms with van der Waals surface area (Å²) in [5, 5.41) is 10.9. The number of rotatable bonds is 8. The fourth-order valence-electron chi connectivity index (χ4n) is 2.66. The second-order valence-electron chi connectivity index (χ2n) is 6.26. The Labute approximate surface area is 162 Å². The monoisotopic (exact) mass is 382 g/mol. The molecular formula is C20H22N4O4. The van der Waals surface area contributed by atoms with E-state index in [2.05, 4.69) is 15.6 Å². The van der Waals surface area contributed by atoms with E-state index in [0.717, 1.165) is 16.6 Å². The second kappa shape index (κ2) is 9.09. The van der Waals surface area contributed by atoms with E-state index in [1.807, 2.05) is 36.4 Å². The van der Waals surface area contributed by atoms with Crippen molar-refractivity contribution in [1.29, 1.82) is 0 Å². The fourth-order valence-corrected chi connectivity index (χ4v) is 2.66. The molecule has 1 amide bonds. The maximum absolute atomic E-state index is 12.2. The van der Waals surface area contributed by atoms with Gasteiger partial charge in [-0.1, -0.05) is 29.5 Å². The quantitative estimate of drug-likeness (QED) is 0.471. The third-order valence-electron chi connectivity index (χ3n) is 4.20. The molecule has 0 aliphatic heterocycles. The van der Waals surface area contributed by atoms with Crippen molar-refractivity contribution in [2.45, 2.75) is 19.6 Å². The van der Waals surface area contributed by atoms with Crippen molar-refractivity contribution in [3.8, 4) is 0 Å². The van der Waals surface area contributed by atoms with Crippen LogP contribution in [0.5, 0.6) is 0 Å². The van der Waals surface area contributed by atoms with Crippen LogP contribution in [0.1, 0.15) is 22.8 Å². The summed E-state index contributed by atoms with van der Waals surface area (Å²) in [7, 11) is 1.55. The first-order valence-electron chi connectivity index (χ1n) is 8.93. The lowest BCUT2D eigenvalue weighted by Gasteiger charge is -2.13. The minimum atomic E-state index is -0.884. The highest BCUT2D eigenvalue weighted by molar-refractivity contribution is 5.92. The number of aromatic nitrogens is 3. The highest BCUT2D eigenvalue weighted by atomic mass is 16.5. The van der Waals surface area contributed by atoms with Crippen LogP contribution < -0.4 is 5.32 Å². The van der Waals surface area contributed by atoms with Gasteiger partial charge in [0.2, 0.25) is 0 Å². The Morgan fingerprint density at radius 3 is 2.64 bits per heavy atom. The van der Waals surface area contributed by atoms with E-state index in [1.165, 1.54) is 6.92 Å². The van der Waals surface area contributed by atoms with E-state index in [1.54, 1.807) is 23.9 Å². The standard InChI is InChI=1S/C20H22N4O4/c1-14(19(25)21-11-12-27-2)28-20(26)16-9-7-15(8-10-16)13-24-18-6-4-3-5-17(18)22-23-24/h3-10,14H,11-13H2,1-2H3,(H,21,25)/t14-/m0/s1. The molecule has 3 aromatic rings. The Bertz CT molecular complexity index is 952. The largest absolute Gasteiger partial charge is 0.449 e. The molecule has 28 heavy (non-hydrogen) atoms. The van der Waals surface area contributed by atoms with Gasteiger partial charge in [-0.25, -0.2) is 9.48 Å². The summed E-state index contributed by atoms with van der Waals surface area (Å²) in [5.41, 5.74) is 3.13. The normalized spacial score (nSPS) is 11.9. The van der Waals surface area contributed by atoms with Crippen molar-refractivity contribution in [1.82, 2.24) is 20.3 Å². The smallest absolute Gasteiger partial charge is 0.338 e. The SMILES string of the molecule is COCCNC(=O)[C@H](C)OC(=O)c1ccc(Cn2nnc3ccccc32)cc1. The zero-order valence-corrected chi connectivity index (χ0v) is 15.8. The molecule has 1 aromatic heterocycles. The van der Waals surface area contributed by atoms with Gasteiger partial charge >= 0.3 is 5.97 Å². The average molecular weight is 382 g/mol. The van der Waals surface area contributed by atoms with Gasteiger partial charge in [-0.2, -0.15) is 0 Å². The number of ether oxygens (including phenoxy) is 2. The molecular weight excluding hydrogens is 360 g/mol. The number of carbonyl (C=O) groups is 2. The van der Waals surface area contributed by atoms with E-state index in [4.69, 9.17) is 9.47 Å². The number of amides is 1. The zero-order chi connectivity index (χ0) is 19.9. The molecule has 0 bridgehead atoms. The summed E-state index contributed by atoms with van der Waals surface area (Å²) in [4.78, 5) is 24.1. The van der Waals surface area contributed by atoms with Crippen LogP contribution in [0.15, 0.2) is 48.5 Å². The van der Waals surface area contributed by atoms with Crippen LogP contribution >= 0.6 is 0 Å². The number of nitrogens with zero attached hydrogens (tertiary/aromatic N) is 3. The average Bonchev–Trinajstić information content (AvgIpc) is 3.11. The maximum atomic E-state index is 12.2. The fraction of sp³-hybridized carbons (Fsp3) is 0.300. The number of esters is 1. The number of hydrogen-bond donors (Lipinski definition) is 1. The van der Waals surface area contributed by atoms with Gasteiger partial charge in [-0.05, 0) is 36.8 Å². The number of fused-ring (bicyclic) bond motifs is 1. The molecule has 0 spiro atoms. The zero-order valence-electron chi connectivity index (χ0n) is 15.8. The number of benzene rings is 2. The van der Waals surface area contributed by atoms with Gasteiger partial charge in [0, 0.05) is 13.7 Å². The highest BCUT2D eigenvalue weighted by Gasteiger charge is 2.18. The predicted octanol–water partition coefficient (Wildman–Crippen LogP) is 1.79. The van der Waals surface area contributed by atoms with E-state index < -0.39 is 12.1 Å². The number of nitrogens with one attached hydrogen (secondary N) is 1. The molecule has 146 valence electrons. The van der Waals surface area contributed by atoms with Crippen LogP contribution in [0.25, 0.3) is 11.0 Å². The van der Waals surface area contributed by atoms with Crippen LogP contribution in [-0.4, -0.2) is 53.2 Å². The van der Waals surface area contributed by atoms with Crippen molar-refractivity contribution in [3.63, 3.8) is 0 Å². The highest BCUT2D eigenvalue weighted by Crippen LogP contribution is 2.13. The van der Waals surface area contributed by atoms with Crippen molar-refractivity contribution in [2.75, 3.05) is 20.3 Å². The van der Waals surface area contributed by atoms with Gasteiger partial charge in [0.1, 0.15) is 5.52 Å². The Kier molecular flexibility index (Phi) is 6.33. The third-order valence-corrected chi connectivity index (χ3v) is 4.20. The molecule has 8 heteroatoms. The summed E-state index contributed by atoms with van der Waals surface area (Å²) in [6.45, 7) is 2.83.